The smallest absolute Gasteiger partial charge is 0.0363 e. The molecule has 0 spiro atoms. The van der Waals surface area contributed by atoms with Gasteiger partial charge in [-0.05, 0) is 23.7 Å². The minimum absolute atomic E-state index is 0.948. The maximum atomic E-state index is 5.86. The van der Waals surface area contributed by atoms with Crippen molar-refractivity contribution in [3.8, 4) is 0 Å². The molecule has 2 rings (SSSR count). The van der Waals surface area contributed by atoms with Crippen molar-refractivity contribution in [3.63, 3.8) is 0 Å². The summed E-state index contributed by atoms with van der Waals surface area (Å²) in [4.78, 5) is 2.39. The van der Waals surface area contributed by atoms with Gasteiger partial charge in [-0.2, -0.15) is 0 Å². The molecule has 1 aliphatic rings. The second kappa shape index (κ2) is 2.79. The van der Waals surface area contributed by atoms with Crippen molar-refractivity contribution >= 4 is 5.69 Å². The molecule has 64 valence electrons. The summed E-state index contributed by atoms with van der Waals surface area (Å²) in [6.45, 7) is 5.38. The molecule has 0 bridgehead atoms. The second-order valence-electron chi connectivity index (χ2n) is 3.29. The summed E-state index contributed by atoms with van der Waals surface area (Å²) in [6, 6.07) is 6.19. The van der Waals surface area contributed by atoms with Crippen LogP contribution in [-0.4, -0.2) is 11.4 Å². The lowest BCUT2D eigenvalue weighted by molar-refractivity contribution is 0.301. The number of anilines is 1. The highest BCUT2D eigenvalue weighted by atomic mass is 15.1. The van der Waals surface area contributed by atoms with Gasteiger partial charge in [0.1, 0.15) is 0 Å². The third-order valence-electron chi connectivity index (χ3n) is 2.53. The summed E-state index contributed by atoms with van der Waals surface area (Å²) >= 11 is 0. The van der Waals surface area contributed by atoms with Crippen LogP contribution in [-0.2, 0) is 13.1 Å². The van der Waals surface area contributed by atoms with Crippen LogP contribution in [0.5, 0.6) is 0 Å². The molecule has 2 heteroatoms. The maximum absolute atomic E-state index is 5.86. The molecule has 0 radical (unpaired) electrons. The lowest BCUT2D eigenvalue weighted by Gasteiger charge is -2.09. The first-order valence-electron chi connectivity index (χ1n) is 4.40. The number of nitrogen functional groups attached to an aromatic ring is 1. The van der Waals surface area contributed by atoms with Gasteiger partial charge in [-0.1, -0.05) is 19.1 Å². The first-order valence-corrected chi connectivity index (χ1v) is 4.40. The highest BCUT2D eigenvalue weighted by Gasteiger charge is 2.18. The molecule has 1 heterocycles. The van der Waals surface area contributed by atoms with Crippen molar-refractivity contribution in [1.29, 1.82) is 0 Å². The second-order valence-corrected chi connectivity index (χ2v) is 3.29. The first kappa shape index (κ1) is 7.62. The number of hydrogen-bond donors (Lipinski definition) is 1. The molecular formula is C10H14N2. The molecule has 0 saturated heterocycles. The zero-order chi connectivity index (χ0) is 8.55. The normalized spacial score (nSPS) is 16.4. The van der Waals surface area contributed by atoms with Gasteiger partial charge in [0, 0.05) is 18.8 Å². The zero-order valence-electron chi connectivity index (χ0n) is 7.38. The van der Waals surface area contributed by atoms with Gasteiger partial charge in [-0.3, -0.25) is 4.90 Å². The summed E-state index contributed by atoms with van der Waals surface area (Å²) in [5.41, 5.74) is 9.54. The Hall–Kier alpha value is -1.02. The lowest BCUT2D eigenvalue weighted by atomic mass is 10.1. The van der Waals surface area contributed by atoms with Crippen molar-refractivity contribution in [2.24, 2.45) is 0 Å². The van der Waals surface area contributed by atoms with Gasteiger partial charge < -0.3 is 5.73 Å². The van der Waals surface area contributed by atoms with E-state index in [9.17, 15) is 0 Å². The number of fused-ring (bicyclic) bond motifs is 1. The number of nitrogens with zero attached hydrogens (tertiary/aromatic N) is 1. The SMILES string of the molecule is CCN1Cc2cccc(N)c2C1. The van der Waals surface area contributed by atoms with Crippen molar-refractivity contribution in [2.45, 2.75) is 20.0 Å². The topological polar surface area (TPSA) is 29.3 Å². The predicted molar refractivity (Wildman–Crippen MR) is 50.6 cm³/mol. The van der Waals surface area contributed by atoms with Gasteiger partial charge in [0.25, 0.3) is 0 Å². The van der Waals surface area contributed by atoms with Crippen molar-refractivity contribution in [1.82, 2.24) is 4.90 Å². The molecular weight excluding hydrogens is 148 g/mol. The van der Waals surface area contributed by atoms with Gasteiger partial charge >= 0.3 is 0 Å². The van der Waals surface area contributed by atoms with Crippen LogP contribution < -0.4 is 5.73 Å². The maximum Gasteiger partial charge on any atom is 0.0363 e. The van der Waals surface area contributed by atoms with E-state index in [-0.39, 0.29) is 0 Å². The Morgan fingerprint density at radius 1 is 1.42 bits per heavy atom. The van der Waals surface area contributed by atoms with Gasteiger partial charge in [0.2, 0.25) is 0 Å². The molecule has 0 saturated carbocycles. The highest BCUT2D eigenvalue weighted by molar-refractivity contribution is 5.52. The highest BCUT2D eigenvalue weighted by Crippen LogP contribution is 2.26. The van der Waals surface area contributed by atoms with E-state index in [2.05, 4.69) is 17.9 Å². The van der Waals surface area contributed by atoms with E-state index in [0.29, 0.717) is 0 Å². The van der Waals surface area contributed by atoms with Crippen LogP contribution in [0.3, 0.4) is 0 Å². The molecule has 0 aromatic heterocycles. The molecule has 0 unspecified atom stereocenters. The molecule has 2 N–H and O–H groups in total. The Balaban J connectivity index is 2.35. The van der Waals surface area contributed by atoms with Crippen LogP contribution in [0.2, 0.25) is 0 Å². The Morgan fingerprint density at radius 2 is 2.25 bits per heavy atom. The summed E-state index contributed by atoms with van der Waals surface area (Å²) < 4.78 is 0. The van der Waals surface area contributed by atoms with Crippen LogP contribution in [0.1, 0.15) is 18.1 Å². The minimum atomic E-state index is 0.948. The van der Waals surface area contributed by atoms with E-state index in [1.54, 1.807) is 0 Å². The monoisotopic (exact) mass is 162 g/mol. The van der Waals surface area contributed by atoms with E-state index in [0.717, 1.165) is 25.3 Å². The van der Waals surface area contributed by atoms with Crippen LogP contribution in [0, 0.1) is 0 Å². The van der Waals surface area contributed by atoms with Crippen molar-refractivity contribution in [2.75, 3.05) is 12.3 Å². The standard InChI is InChI=1S/C10H14N2/c1-2-12-6-8-4-3-5-10(11)9(8)7-12/h3-5H,2,6-7,11H2,1H3. The molecule has 1 aromatic carbocycles. The van der Waals surface area contributed by atoms with E-state index in [1.165, 1.54) is 11.1 Å². The fraction of sp³-hybridized carbons (Fsp3) is 0.400. The molecule has 0 fully saturated rings. The largest absolute Gasteiger partial charge is 0.398 e. The van der Waals surface area contributed by atoms with Crippen LogP contribution in [0.15, 0.2) is 18.2 Å². The fourth-order valence-electron chi connectivity index (χ4n) is 1.74. The summed E-state index contributed by atoms with van der Waals surface area (Å²) in [5, 5.41) is 0. The Bertz CT molecular complexity index is 294. The van der Waals surface area contributed by atoms with Gasteiger partial charge in [0.15, 0.2) is 0 Å². The fourth-order valence-corrected chi connectivity index (χ4v) is 1.74. The van der Waals surface area contributed by atoms with Gasteiger partial charge in [0.05, 0.1) is 0 Å². The zero-order valence-corrected chi connectivity index (χ0v) is 7.38. The van der Waals surface area contributed by atoms with E-state index < -0.39 is 0 Å². The summed E-state index contributed by atoms with van der Waals surface area (Å²) in [6.07, 6.45) is 0. The Labute approximate surface area is 73.0 Å². The van der Waals surface area contributed by atoms with Crippen molar-refractivity contribution in [3.05, 3.63) is 29.3 Å². The predicted octanol–water partition coefficient (Wildman–Crippen LogP) is 1.60. The summed E-state index contributed by atoms with van der Waals surface area (Å²) in [5.74, 6) is 0. The molecule has 2 nitrogen and oxygen atoms in total. The van der Waals surface area contributed by atoms with Crippen LogP contribution in [0.4, 0.5) is 5.69 Å². The number of hydrogen-bond acceptors (Lipinski definition) is 2. The van der Waals surface area contributed by atoms with E-state index >= 15 is 0 Å². The van der Waals surface area contributed by atoms with Crippen LogP contribution >= 0.6 is 0 Å². The third-order valence-corrected chi connectivity index (χ3v) is 2.53. The Kier molecular flexibility index (Phi) is 1.77. The van der Waals surface area contributed by atoms with Gasteiger partial charge in [-0.25, -0.2) is 0 Å². The van der Waals surface area contributed by atoms with Crippen molar-refractivity contribution < 1.29 is 0 Å². The van der Waals surface area contributed by atoms with E-state index in [1.807, 2.05) is 12.1 Å². The minimum Gasteiger partial charge on any atom is -0.398 e. The third kappa shape index (κ3) is 1.08. The summed E-state index contributed by atoms with van der Waals surface area (Å²) in [7, 11) is 0. The number of nitrogens with two attached hydrogens (primary N) is 1. The first-order chi connectivity index (χ1) is 5.81. The molecule has 0 amide bonds. The number of rotatable bonds is 1. The molecule has 1 aliphatic heterocycles. The molecule has 0 aliphatic carbocycles. The molecule has 12 heavy (non-hydrogen) atoms. The van der Waals surface area contributed by atoms with Crippen LogP contribution in [0.25, 0.3) is 0 Å². The molecule has 0 atom stereocenters. The van der Waals surface area contributed by atoms with E-state index in [4.69, 9.17) is 5.73 Å². The number of benzene rings is 1. The molecule has 1 aromatic rings. The average molecular weight is 162 g/mol. The average Bonchev–Trinajstić information content (AvgIpc) is 2.49. The Morgan fingerprint density at radius 3 is 2.92 bits per heavy atom. The van der Waals surface area contributed by atoms with Gasteiger partial charge in [-0.15, -0.1) is 0 Å². The lowest BCUT2D eigenvalue weighted by Crippen LogP contribution is -2.14. The quantitative estimate of drug-likeness (QED) is 0.635.